The summed E-state index contributed by atoms with van der Waals surface area (Å²) in [5.74, 6) is 0.593. The number of aromatic nitrogens is 4. The van der Waals surface area contributed by atoms with Crippen molar-refractivity contribution in [2.24, 2.45) is 7.05 Å². The van der Waals surface area contributed by atoms with E-state index in [-0.39, 0.29) is 17.3 Å². The Morgan fingerprint density at radius 2 is 1.78 bits per heavy atom. The fourth-order valence-corrected chi connectivity index (χ4v) is 2.92. The molecule has 0 unspecified atom stereocenters. The molecule has 3 rings (SSSR count). The first-order valence-corrected chi connectivity index (χ1v) is 7.85. The van der Waals surface area contributed by atoms with Crippen molar-refractivity contribution < 1.29 is 0 Å². The number of fused-ring (bicyclic) bond motifs is 1. The van der Waals surface area contributed by atoms with Crippen molar-refractivity contribution in [1.29, 1.82) is 0 Å². The van der Waals surface area contributed by atoms with E-state index in [2.05, 4.69) is 9.97 Å². The lowest BCUT2D eigenvalue weighted by molar-refractivity contribution is 0.432. The van der Waals surface area contributed by atoms with Crippen LogP contribution in [0.2, 0.25) is 0 Å². The van der Waals surface area contributed by atoms with Gasteiger partial charge in [0.05, 0.1) is 0 Å². The predicted octanol–water partition coefficient (Wildman–Crippen LogP) is 2.45. The molecule has 1 aromatic carbocycles. The van der Waals surface area contributed by atoms with E-state index < -0.39 is 0 Å². The maximum atomic E-state index is 12.8. The van der Waals surface area contributed by atoms with Crippen molar-refractivity contribution in [3.63, 3.8) is 0 Å². The van der Waals surface area contributed by atoms with Gasteiger partial charge in [0.1, 0.15) is 11.3 Å². The van der Waals surface area contributed by atoms with Crippen LogP contribution in [0.1, 0.15) is 32.7 Å². The van der Waals surface area contributed by atoms with Crippen LogP contribution in [0.25, 0.3) is 22.6 Å². The van der Waals surface area contributed by atoms with Crippen molar-refractivity contribution in [3.05, 3.63) is 51.2 Å². The standard InChI is InChI=1S/C17H20N4O2/c1-4-12(5-2)21-16(22)13-15(20(3)17(21)23)19-14(18-13)11-9-7-6-8-10-11/h6-10,12H,4-5H2,1-3H3,(H,18,19). The Bertz CT molecular complexity index is 946. The van der Waals surface area contributed by atoms with Crippen LogP contribution in [-0.4, -0.2) is 19.1 Å². The largest absolute Gasteiger partial charge is 0.332 e. The van der Waals surface area contributed by atoms with Gasteiger partial charge in [-0.3, -0.25) is 13.9 Å². The lowest BCUT2D eigenvalue weighted by Crippen LogP contribution is -2.41. The molecular formula is C17H20N4O2. The second kappa shape index (κ2) is 5.87. The van der Waals surface area contributed by atoms with Crippen LogP contribution in [0, 0.1) is 0 Å². The topological polar surface area (TPSA) is 72.7 Å². The summed E-state index contributed by atoms with van der Waals surface area (Å²) in [6, 6.07) is 9.45. The smallest absolute Gasteiger partial charge is 0.332 e. The lowest BCUT2D eigenvalue weighted by atomic mass is 10.1. The fraction of sp³-hybridized carbons (Fsp3) is 0.353. The van der Waals surface area contributed by atoms with Crippen molar-refractivity contribution in [2.45, 2.75) is 32.7 Å². The van der Waals surface area contributed by atoms with Gasteiger partial charge in [0, 0.05) is 18.7 Å². The van der Waals surface area contributed by atoms with Gasteiger partial charge in [-0.1, -0.05) is 44.2 Å². The summed E-state index contributed by atoms with van der Waals surface area (Å²) in [6.45, 7) is 3.96. The molecule has 0 aliphatic heterocycles. The van der Waals surface area contributed by atoms with Gasteiger partial charge in [0.25, 0.3) is 5.56 Å². The van der Waals surface area contributed by atoms with Gasteiger partial charge in [-0.05, 0) is 12.8 Å². The van der Waals surface area contributed by atoms with E-state index in [4.69, 9.17) is 0 Å². The molecule has 2 aromatic heterocycles. The third kappa shape index (κ3) is 2.40. The summed E-state index contributed by atoms with van der Waals surface area (Å²) >= 11 is 0. The number of H-pyrrole nitrogens is 1. The second-order valence-corrected chi connectivity index (χ2v) is 5.64. The third-order valence-electron chi connectivity index (χ3n) is 4.28. The number of rotatable bonds is 4. The number of nitrogens with zero attached hydrogens (tertiary/aromatic N) is 3. The number of aromatic amines is 1. The Hall–Kier alpha value is -2.63. The molecule has 6 nitrogen and oxygen atoms in total. The van der Waals surface area contributed by atoms with Crippen LogP contribution in [-0.2, 0) is 7.05 Å². The first kappa shape index (κ1) is 15.3. The molecule has 6 heteroatoms. The van der Waals surface area contributed by atoms with Crippen LogP contribution in [0.5, 0.6) is 0 Å². The molecule has 0 fully saturated rings. The first-order valence-electron chi connectivity index (χ1n) is 7.85. The Morgan fingerprint density at radius 1 is 1.13 bits per heavy atom. The minimum absolute atomic E-state index is 0.103. The Morgan fingerprint density at radius 3 is 2.39 bits per heavy atom. The van der Waals surface area contributed by atoms with Gasteiger partial charge in [-0.15, -0.1) is 0 Å². The van der Waals surface area contributed by atoms with E-state index in [1.165, 1.54) is 9.13 Å². The summed E-state index contributed by atoms with van der Waals surface area (Å²) in [5, 5.41) is 0. The Kier molecular flexibility index (Phi) is 3.90. The summed E-state index contributed by atoms with van der Waals surface area (Å²) in [5.41, 5.74) is 1.03. The maximum Gasteiger partial charge on any atom is 0.332 e. The van der Waals surface area contributed by atoms with Crippen molar-refractivity contribution in [3.8, 4) is 11.4 Å². The lowest BCUT2D eigenvalue weighted by Gasteiger charge is -2.16. The van der Waals surface area contributed by atoms with Crippen molar-refractivity contribution in [1.82, 2.24) is 19.1 Å². The molecule has 0 bridgehead atoms. The number of hydrogen-bond acceptors (Lipinski definition) is 3. The first-order chi connectivity index (χ1) is 11.1. The average molecular weight is 312 g/mol. The summed E-state index contributed by atoms with van der Waals surface area (Å²) in [7, 11) is 1.65. The highest BCUT2D eigenvalue weighted by Crippen LogP contribution is 2.18. The minimum Gasteiger partial charge on any atom is -0.332 e. The Balaban J connectivity index is 2.32. The molecule has 0 spiro atoms. The third-order valence-corrected chi connectivity index (χ3v) is 4.28. The molecule has 120 valence electrons. The molecule has 0 radical (unpaired) electrons. The Labute approximate surface area is 133 Å². The molecule has 0 saturated heterocycles. The van der Waals surface area contributed by atoms with Gasteiger partial charge in [-0.25, -0.2) is 9.78 Å². The molecule has 0 aliphatic rings. The van der Waals surface area contributed by atoms with Crippen molar-refractivity contribution >= 4 is 11.2 Å². The van der Waals surface area contributed by atoms with Crippen LogP contribution in [0.3, 0.4) is 0 Å². The minimum atomic E-state index is -0.317. The molecule has 3 aromatic rings. The molecule has 23 heavy (non-hydrogen) atoms. The molecule has 0 aliphatic carbocycles. The SMILES string of the molecule is CCC(CC)n1c(=O)c2[nH]c(-c3ccccc3)nc2n(C)c1=O. The van der Waals surface area contributed by atoms with E-state index in [9.17, 15) is 9.59 Å². The zero-order valence-corrected chi connectivity index (χ0v) is 13.5. The predicted molar refractivity (Wildman–Crippen MR) is 90.6 cm³/mol. The van der Waals surface area contributed by atoms with Gasteiger partial charge in [0.2, 0.25) is 0 Å². The van der Waals surface area contributed by atoms with E-state index in [1.807, 2.05) is 44.2 Å². The summed E-state index contributed by atoms with van der Waals surface area (Å²) < 4.78 is 2.78. The van der Waals surface area contributed by atoms with E-state index in [0.29, 0.717) is 17.0 Å². The van der Waals surface area contributed by atoms with Crippen LogP contribution < -0.4 is 11.2 Å². The molecule has 0 amide bonds. The van der Waals surface area contributed by atoms with Gasteiger partial charge >= 0.3 is 5.69 Å². The maximum absolute atomic E-state index is 12.8. The number of nitrogens with one attached hydrogen (secondary N) is 1. The second-order valence-electron chi connectivity index (χ2n) is 5.64. The summed E-state index contributed by atoms with van der Waals surface area (Å²) in [6.07, 6.45) is 1.47. The van der Waals surface area contributed by atoms with Gasteiger partial charge < -0.3 is 4.98 Å². The van der Waals surface area contributed by atoms with Gasteiger partial charge in [-0.2, -0.15) is 0 Å². The zero-order chi connectivity index (χ0) is 16.6. The quantitative estimate of drug-likeness (QED) is 0.804. The molecule has 2 heterocycles. The fourth-order valence-electron chi connectivity index (χ4n) is 2.92. The number of imidazole rings is 1. The van der Waals surface area contributed by atoms with Crippen LogP contribution >= 0.6 is 0 Å². The summed E-state index contributed by atoms with van der Waals surface area (Å²) in [4.78, 5) is 32.9. The molecular weight excluding hydrogens is 292 g/mol. The monoisotopic (exact) mass is 312 g/mol. The number of hydrogen-bond donors (Lipinski definition) is 1. The van der Waals surface area contributed by atoms with Gasteiger partial charge in [0.15, 0.2) is 5.65 Å². The molecule has 0 saturated carbocycles. The average Bonchev–Trinajstić information content (AvgIpc) is 3.03. The number of aryl methyl sites for hydroxylation is 1. The zero-order valence-electron chi connectivity index (χ0n) is 13.5. The molecule has 1 N–H and O–H groups in total. The molecule has 0 atom stereocenters. The van der Waals surface area contributed by atoms with Crippen LogP contribution in [0.4, 0.5) is 0 Å². The van der Waals surface area contributed by atoms with Crippen molar-refractivity contribution in [2.75, 3.05) is 0 Å². The number of benzene rings is 1. The van der Waals surface area contributed by atoms with E-state index >= 15 is 0 Å². The van der Waals surface area contributed by atoms with Crippen LogP contribution in [0.15, 0.2) is 39.9 Å². The highest BCUT2D eigenvalue weighted by Gasteiger charge is 2.19. The highest BCUT2D eigenvalue weighted by molar-refractivity contribution is 5.75. The normalized spacial score (nSPS) is 11.5. The van der Waals surface area contributed by atoms with E-state index in [0.717, 1.165) is 18.4 Å². The van der Waals surface area contributed by atoms with E-state index in [1.54, 1.807) is 7.05 Å². The highest BCUT2D eigenvalue weighted by atomic mass is 16.2.